The lowest BCUT2D eigenvalue weighted by molar-refractivity contribution is 1.03. The van der Waals surface area contributed by atoms with Crippen molar-refractivity contribution in [3.63, 3.8) is 0 Å². The van der Waals surface area contributed by atoms with Crippen LogP contribution in [0.2, 0.25) is 5.28 Å². The molecular weight excluding hydrogens is 270 g/mol. The Morgan fingerprint density at radius 3 is 2.55 bits per heavy atom. The molecule has 3 nitrogen and oxygen atoms in total. The molecule has 0 radical (unpaired) electrons. The Bertz CT molecular complexity index is 633. The van der Waals surface area contributed by atoms with E-state index in [0.29, 0.717) is 11.6 Å². The van der Waals surface area contributed by atoms with Gasteiger partial charge in [-0.15, -0.1) is 0 Å². The van der Waals surface area contributed by atoms with E-state index in [1.807, 2.05) is 49.4 Å². The number of benzene rings is 1. The van der Waals surface area contributed by atoms with Crippen molar-refractivity contribution in [3.8, 4) is 11.4 Å². The monoisotopic (exact) mass is 285 g/mol. The zero-order chi connectivity index (χ0) is 14.4. The second-order valence-corrected chi connectivity index (χ2v) is 4.52. The van der Waals surface area contributed by atoms with E-state index >= 15 is 0 Å². The van der Waals surface area contributed by atoms with Crippen LogP contribution in [0, 0.1) is 0 Å². The van der Waals surface area contributed by atoms with Crippen molar-refractivity contribution in [1.29, 1.82) is 0 Å². The molecule has 0 amide bonds. The quantitative estimate of drug-likeness (QED) is 0.773. The van der Waals surface area contributed by atoms with Gasteiger partial charge in [-0.05, 0) is 24.9 Å². The number of nitrogens with zero attached hydrogens (tertiary/aromatic N) is 3. The fourth-order valence-electron chi connectivity index (χ4n) is 1.83. The van der Waals surface area contributed by atoms with E-state index in [1.54, 1.807) is 0 Å². The van der Waals surface area contributed by atoms with Crippen LogP contribution in [0.1, 0.15) is 26.1 Å². The van der Waals surface area contributed by atoms with Crippen LogP contribution >= 0.6 is 11.6 Å². The normalized spacial score (nSPS) is 12.1. The van der Waals surface area contributed by atoms with E-state index in [2.05, 4.69) is 28.0 Å². The maximum Gasteiger partial charge on any atom is 0.226 e. The van der Waals surface area contributed by atoms with Gasteiger partial charge >= 0.3 is 0 Å². The summed E-state index contributed by atoms with van der Waals surface area (Å²) in [7, 11) is 0. The maximum atomic E-state index is 6.03. The zero-order valence-corrected chi connectivity index (χ0v) is 12.3. The van der Waals surface area contributed by atoms with Crippen LogP contribution in [0.25, 0.3) is 17.0 Å². The Balaban J connectivity index is 2.51. The Morgan fingerprint density at radius 2 is 1.90 bits per heavy atom. The topological polar surface area (TPSA) is 38.7 Å². The zero-order valence-electron chi connectivity index (χ0n) is 11.5. The summed E-state index contributed by atoms with van der Waals surface area (Å²) in [5.74, 6) is 1.19. The Morgan fingerprint density at radius 1 is 1.15 bits per heavy atom. The average Bonchev–Trinajstić information content (AvgIpc) is 2.47. The lowest BCUT2D eigenvalue weighted by Gasteiger charge is -2.05. The predicted molar refractivity (Wildman–Crippen MR) is 83.4 cm³/mol. The average molecular weight is 286 g/mol. The third-order valence-electron chi connectivity index (χ3n) is 2.67. The van der Waals surface area contributed by atoms with Gasteiger partial charge in [-0.1, -0.05) is 55.5 Å². The van der Waals surface area contributed by atoms with Gasteiger partial charge in [-0.25, -0.2) is 4.98 Å². The molecular formula is C16H16ClN3. The van der Waals surface area contributed by atoms with Crippen LogP contribution in [0.4, 0.5) is 0 Å². The van der Waals surface area contributed by atoms with Gasteiger partial charge in [0.2, 0.25) is 5.28 Å². The molecule has 0 N–H and O–H groups in total. The molecule has 0 aliphatic rings. The number of aromatic nitrogens is 3. The third-order valence-corrected chi connectivity index (χ3v) is 2.84. The summed E-state index contributed by atoms with van der Waals surface area (Å²) < 4.78 is 0. The van der Waals surface area contributed by atoms with Gasteiger partial charge < -0.3 is 0 Å². The first-order chi connectivity index (χ1) is 9.74. The lowest BCUT2D eigenvalue weighted by atomic mass is 10.2. The Kier molecular flexibility index (Phi) is 5.02. The Hall–Kier alpha value is -2.00. The SMILES string of the molecule is C/C=C\C(=C/CC)c1nc(Cl)nc(-c2ccccc2)n1. The molecule has 20 heavy (non-hydrogen) atoms. The molecule has 0 fully saturated rings. The highest BCUT2D eigenvalue weighted by atomic mass is 35.5. The van der Waals surface area contributed by atoms with Gasteiger partial charge in [0.25, 0.3) is 0 Å². The first kappa shape index (κ1) is 14.4. The molecule has 0 bridgehead atoms. The maximum absolute atomic E-state index is 6.03. The molecule has 1 aromatic heterocycles. The van der Waals surface area contributed by atoms with Crippen LogP contribution in [-0.2, 0) is 0 Å². The molecule has 1 heterocycles. The predicted octanol–water partition coefficient (Wildman–Crippen LogP) is 4.56. The van der Waals surface area contributed by atoms with E-state index in [0.717, 1.165) is 17.6 Å². The summed E-state index contributed by atoms with van der Waals surface area (Å²) in [6.07, 6.45) is 6.91. The molecule has 1 aromatic carbocycles. The molecule has 0 saturated carbocycles. The highest BCUT2D eigenvalue weighted by molar-refractivity contribution is 6.28. The van der Waals surface area contributed by atoms with Crippen molar-refractivity contribution in [3.05, 3.63) is 59.7 Å². The number of halogens is 1. The summed E-state index contributed by atoms with van der Waals surface area (Å²) in [5, 5.41) is 0.209. The Labute approximate surface area is 124 Å². The molecule has 2 rings (SSSR count). The van der Waals surface area contributed by atoms with Gasteiger partial charge in [0.05, 0.1) is 0 Å². The molecule has 102 valence electrons. The van der Waals surface area contributed by atoms with E-state index < -0.39 is 0 Å². The molecule has 0 aliphatic carbocycles. The van der Waals surface area contributed by atoms with Crippen molar-refractivity contribution >= 4 is 17.2 Å². The minimum absolute atomic E-state index is 0.209. The standard InChI is InChI=1S/C16H16ClN3/c1-3-8-12(9-4-2)14-18-15(20-16(17)19-14)13-10-6-5-7-11-13/h3,5-11H,4H2,1-2H3/b8-3-,12-9+. The third kappa shape index (κ3) is 3.52. The fourth-order valence-corrected chi connectivity index (χ4v) is 1.99. The smallest absolute Gasteiger partial charge is 0.208 e. The first-order valence-electron chi connectivity index (χ1n) is 6.54. The number of rotatable bonds is 4. The van der Waals surface area contributed by atoms with Crippen LogP contribution in [0.15, 0.2) is 48.6 Å². The van der Waals surface area contributed by atoms with E-state index in [1.165, 1.54) is 0 Å². The van der Waals surface area contributed by atoms with Gasteiger partial charge in [0, 0.05) is 11.1 Å². The van der Waals surface area contributed by atoms with Gasteiger partial charge in [0.1, 0.15) is 0 Å². The summed E-state index contributed by atoms with van der Waals surface area (Å²) in [5.41, 5.74) is 1.88. The lowest BCUT2D eigenvalue weighted by Crippen LogP contribution is -1.99. The molecule has 4 heteroatoms. The van der Waals surface area contributed by atoms with Crippen LogP contribution in [0.5, 0.6) is 0 Å². The summed E-state index contributed by atoms with van der Waals surface area (Å²) >= 11 is 6.03. The second-order valence-electron chi connectivity index (χ2n) is 4.19. The number of allylic oxidation sites excluding steroid dienone is 4. The molecule has 0 unspecified atom stereocenters. The van der Waals surface area contributed by atoms with Gasteiger partial charge in [-0.3, -0.25) is 0 Å². The number of hydrogen-bond acceptors (Lipinski definition) is 3. The van der Waals surface area contributed by atoms with Crippen LogP contribution in [0.3, 0.4) is 0 Å². The highest BCUT2D eigenvalue weighted by Crippen LogP contribution is 2.20. The molecule has 0 spiro atoms. The van der Waals surface area contributed by atoms with Crippen LogP contribution < -0.4 is 0 Å². The van der Waals surface area contributed by atoms with E-state index in [9.17, 15) is 0 Å². The summed E-state index contributed by atoms with van der Waals surface area (Å²) in [6.45, 7) is 4.04. The molecule has 2 aromatic rings. The van der Waals surface area contributed by atoms with Crippen molar-refractivity contribution < 1.29 is 0 Å². The van der Waals surface area contributed by atoms with E-state index in [4.69, 9.17) is 11.6 Å². The fraction of sp³-hybridized carbons (Fsp3) is 0.188. The van der Waals surface area contributed by atoms with Gasteiger partial charge in [0.15, 0.2) is 11.6 Å². The first-order valence-corrected chi connectivity index (χ1v) is 6.92. The van der Waals surface area contributed by atoms with Crippen molar-refractivity contribution in [2.75, 3.05) is 0 Å². The summed E-state index contributed by atoms with van der Waals surface area (Å²) in [6, 6.07) is 9.75. The van der Waals surface area contributed by atoms with Crippen molar-refractivity contribution in [1.82, 2.24) is 15.0 Å². The number of hydrogen-bond donors (Lipinski definition) is 0. The second kappa shape index (κ2) is 6.96. The van der Waals surface area contributed by atoms with Crippen LogP contribution in [-0.4, -0.2) is 15.0 Å². The highest BCUT2D eigenvalue weighted by Gasteiger charge is 2.09. The molecule has 0 saturated heterocycles. The van der Waals surface area contributed by atoms with Crippen molar-refractivity contribution in [2.45, 2.75) is 20.3 Å². The summed E-state index contributed by atoms with van der Waals surface area (Å²) in [4.78, 5) is 12.9. The molecule has 0 aliphatic heterocycles. The van der Waals surface area contributed by atoms with Crippen molar-refractivity contribution in [2.24, 2.45) is 0 Å². The van der Waals surface area contributed by atoms with E-state index in [-0.39, 0.29) is 5.28 Å². The molecule has 0 atom stereocenters. The largest absolute Gasteiger partial charge is 0.226 e. The minimum Gasteiger partial charge on any atom is -0.208 e. The minimum atomic E-state index is 0.209. The van der Waals surface area contributed by atoms with Gasteiger partial charge in [-0.2, -0.15) is 9.97 Å².